The number of aliphatic carboxylic acids is 1. The Morgan fingerprint density at radius 1 is 1.08 bits per heavy atom. The summed E-state index contributed by atoms with van der Waals surface area (Å²) in [6, 6.07) is 9.63. The highest BCUT2D eigenvalue weighted by atomic mass is 16.6. The molecule has 1 amide bonds. The van der Waals surface area contributed by atoms with E-state index in [-0.39, 0.29) is 19.2 Å². The first-order valence-corrected chi connectivity index (χ1v) is 9.06. The number of carboxylic acids is 1. The fourth-order valence-electron chi connectivity index (χ4n) is 3.76. The molecule has 1 N–H and O–H groups in total. The number of carbonyl (C=O) groups excluding carboxylic acids is 1. The number of hydrogen-bond donors (Lipinski definition) is 1. The molecule has 1 aromatic rings. The Labute approximate surface area is 148 Å². The van der Waals surface area contributed by atoms with Crippen LogP contribution < -0.4 is 0 Å². The fraction of sp³-hybridized carbons (Fsp3) is 0.579. The highest BCUT2D eigenvalue weighted by Gasteiger charge is 2.37. The van der Waals surface area contributed by atoms with Crippen molar-refractivity contribution in [3.63, 3.8) is 0 Å². The molecule has 2 heterocycles. The summed E-state index contributed by atoms with van der Waals surface area (Å²) >= 11 is 0. The minimum atomic E-state index is -0.831. The van der Waals surface area contributed by atoms with Crippen molar-refractivity contribution in [3.8, 4) is 0 Å². The molecule has 2 saturated heterocycles. The summed E-state index contributed by atoms with van der Waals surface area (Å²) in [6.07, 6.45) is 3.71. The van der Waals surface area contributed by atoms with E-state index < -0.39 is 18.0 Å². The van der Waals surface area contributed by atoms with E-state index in [4.69, 9.17) is 4.74 Å². The molecule has 2 aliphatic heterocycles. The third-order valence-electron chi connectivity index (χ3n) is 5.15. The van der Waals surface area contributed by atoms with Crippen LogP contribution in [0.25, 0.3) is 0 Å². The van der Waals surface area contributed by atoms with E-state index in [1.54, 1.807) is 4.90 Å². The number of ether oxygens (including phenoxy) is 1. The van der Waals surface area contributed by atoms with E-state index >= 15 is 0 Å². The first kappa shape index (κ1) is 17.7. The third-order valence-corrected chi connectivity index (χ3v) is 5.15. The van der Waals surface area contributed by atoms with Crippen LogP contribution in [0.3, 0.4) is 0 Å². The van der Waals surface area contributed by atoms with Crippen LogP contribution in [0.4, 0.5) is 4.79 Å². The average Bonchev–Trinajstić information content (AvgIpc) is 2.67. The number of benzene rings is 1. The van der Waals surface area contributed by atoms with Crippen LogP contribution in [0.2, 0.25) is 0 Å². The summed E-state index contributed by atoms with van der Waals surface area (Å²) in [5.74, 6) is -1.35. The molecule has 3 rings (SSSR count). The summed E-state index contributed by atoms with van der Waals surface area (Å²) in [5, 5.41) is 9.46. The molecule has 2 aliphatic rings. The third kappa shape index (κ3) is 4.72. The van der Waals surface area contributed by atoms with Gasteiger partial charge in [0.25, 0.3) is 0 Å². The zero-order valence-corrected chi connectivity index (χ0v) is 14.5. The average molecular weight is 346 g/mol. The van der Waals surface area contributed by atoms with E-state index in [2.05, 4.69) is 4.90 Å². The summed E-state index contributed by atoms with van der Waals surface area (Å²) in [4.78, 5) is 27.9. The van der Waals surface area contributed by atoms with Gasteiger partial charge < -0.3 is 14.7 Å². The topological polar surface area (TPSA) is 70.1 Å². The quantitative estimate of drug-likeness (QED) is 0.907. The van der Waals surface area contributed by atoms with Gasteiger partial charge in [-0.25, -0.2) is 4.79 Å². The highest BCUT2D eigenvalue weighted by molar-refractivity contribution is 5.73. The van der Waals surface area contributed by atoms with Crippen molar-refractivity contribution in [2.45, 2.75) is 38.3 Å². The molecule has 0 spiro atoms. The van der Waals surface area contributed by atoms with E-state index in [0.717, 1.165) is 31.5 Å². The number of amides is 1. The van der Waals surface area contributed by atoms with Gasteiger partial charge in [-0.15, -0.1) is 0 Å². The summed E-state index contributed by atoms with van der Waals surface area (Å²) < 4.78 is 5.41. The largest absolute Gasteiger partial charge is 0.481 e. The van der Waals surface area contributed by atoms with Crippen LogP contribution in [0.1, 0.15) is 31.2 Å². The lowest BCUT2D eigenvalue weighted by Gasteiger charge is -2.42. The van der Waals surface area contributed by atoms with Gasteiger partial charge >= 0.3 is 12.1 Å². The monoisotopic (exact) mass is 346 g/mol. The second kappa shape index (κ2) is 8.34. The van der Waals surface area contributed by atoms with Crippen molar-refractivity contribution in [2.75, 3.05) is 26.2 Å². The van der Waals surface area contributed by atoms with Crippen molar-refractivity contribution in [1.29, 1.82) is 0 Å². The van der Waals surface area contributed by atoms with Gasteiger partial charge in [0.1, 0.15) is 6.61 Å². The van der Waals surface area contributed by atoms with E-state index in [9.17, 15) is 14.7 Å². The summed E-state index contributed by atoms with van der Waals surface area (Å²) in [6.45, 7) is 2.97. The van der Waals surface area contributed by atoms with E-state index in [0.29, 0.717) is 13.0 Å². The number of likely N-dealkylation sites (tertiary alicyclic amines) is 2. The number of hydrogen-bond acceptors (Lipinski definition) is 4. The van der Waals surface area contributed by atoms with E-state index in [1.807, 2.05) is 30.3 Å². The molecule has 0 aromatic heterocycles. The van der Waals surface area contributed by atoms with Crippen molar-refractivity contribution in [1.82, 2.24) is 9.80 Å². The maximum Gasteiger partial charge on any atom is 0.410 e. The smallest absolute Gasteiger partial charge is 0.410 e. The minimum absolute atomic E-state index is 0.111. The van der Waals surface area contributed by atoms with Crippen molar-refractivity contribution in [2.24, 2.45) is 5.92 Å². The molecule has 2 atom stereocenters. The Morgan fingerprint density at radius 3 is 2.48 bits per heavy atom. The molecular weight excluding hydrogens is 320 g/mol. The predicted octanol–water partition coefficient (Wildman–Crippen LogP) is 2.58. The van der Waals surface area contributed by atoms with Crippen molar-refractivity contribution >= 4 is 12.1 Å². The van der Waals surface area contributed by atoms with Crippen LogP contribution in [-0.4, -0.2) is 59.2 Å². The van der Waals surface area contributed by atoms with E-state index in [1.165, 1.54) is 6.42 Å². The van der Waals surface area contributed by atoms with Crippen LogP contribution in [0.5, 0.6) is 0 Å². The van der Waals surface area contributed by atoms with Crippen LogP contribution in [0, 0.1) is 5.92 Å². The molecule has 0 saturated carbocycles. The Morgan fingerprint density at radius 2 is 1.80 bits per heavy atom. The molecule has 0 bridgehead atoms. The maximum absolute atomic E-state index is 12.5. The lowest BCUT2D eigenvalue weighted by Crippen LogP contribution is -2.55. The zero-order chi connectivity index (χ0) is 17.6. The molecule has 0 aliphatic carbocycles. The Kier molecular flexibility index (Phi) is 5.91. The molecular formula is C19H26N2O4. The summed E-state index contributed by atoms with van der Waals surface area (Å²) in [5.41, 5.74) is 0.926. The first-order valence-electron chi connectivity index (χ1n) is 9.06. The normalized spacial score (nSPS) is 24.7. The SMILES string of the molecule is O=C(O)[C@H]1C[C@@H](N2CCCCC2)CN(C(=O)OCc2ccccc2)C1. The Bertz CT molecular complexity index is 586. The number of rotatable bonds is 4. The standard InChI is InChI=1S/C19H26N2O4/c22-18(23)16-11-17(20-9-5-2-6-10-20)13-21(12-16)19(24)25-14-15-7-3-1-4-8-15/h1,3-4,7-8,16-17H,2,5-6,9-14H2,(H,22,23)/t16-,17+/m0/s1. The number of nitrogens with zero attached hydrogens (tertiary/aromatic N) is 2. The van der Waals surface area contributed by atoms with Crippen LogP contribution in [-0.2, 0) is 16.1 Å². The van der Waals surface area contributed by atoms with Gasteiger partial charge in [0.2, 0.25) is 0 Å². The maximum atomic E-state index is 12.5. The molecule has 6 heteroatoms. The molecule has 0 radical (unpaired) electrons. The molecule has 1 aromatic carbocycles. The lowest BCUT2D eigenvalue weighted by molar-refractivity contribution is -0.144. The van der Waals surface area contributed by atoms with Gasteiger partial charge in [0, 0.05) is 19.1 Å². The van der Waals surface area contributed by atoms with Crippen molar-refractivity contribution < 1.29 is 19.4 Å². The second-order valence-electron chi connectivity index (χ2n) is 6.97. The fourth-order valence-corrected chi connectivity index (χ4v) is 3.76. The zero-order valence-electron chi connectivity index (χ0n) is 14.5. The van der Waals surface area contributed by atoms with Gasteiger partial charge in [-0.1, -0.05) is 36.8 Å². The highest BCUT2D eigenvalue weighted by Crippen LogP contribution is 2.24. The number of carboxylic acid groups (broad SMARTS) is 1. The van der Waals surface area contributed by atoms with Crippen LogP contribution in [0.15, 0.2) is 30.3 Å². The first-order chi connectivity index (χ1) is 12.1. The predicted molar refractivity (Wildman–Crippen MR) is 93.2 cm³/mol. The molecule has 6 nitrogen and oxygen atoms in total. The van der Waals surface area contributed by atoms with Crippen molar-refractivity contribution in [3.05, 3.63) is 35.9 Å². The van der Waals surface area contributed by atoms with Gasteiger partial charge in [0.15, 0.2) is 0 Å². The number of carbonyl (C=O) groups is 2. The van der Waals surface area contributed by atoms with Gasteiger partial charge in [-0.2, -0.15) is 0 Å². The number of piperidine rings is 2. The molecule has 2 fully saturated rings. The van der Waals surface area contributed by atoms with Gasteiger partial charge in [0.05, 0.1) is 5.92 Å². The molecule has 136 valence electrons. The molecule has 25 heavy (non-hydrogen) atoms. The molecule has 0 unspecified atom stereocenters. The Hall–Kier alpha value is -2.08. The van der Waals surface area contributed by atoms with Crippen LogP contribution >= 0.6 is 0 Å². The summed E-state index contributed by atoms with van der Waals surface area (Å²) in [7, 11) is 0. The second-order valence-corrected chi connectivity index (χ2v) is 6.97. The Balaban J connectivity index is 1.61. The van der Waals surface area contributed by atoms with Gasteiger partial charge in [-0.3, -0.25) is 9.69 Å². The minimum Gasteiger partial charge on any atom is -0.481 e. The lowest BCUT2D eigenvalue weighted by atomic mass is 9.92. The van der Waals surface area contributed by atoms with Gasteiger partial charge in [-0.05, 0) is 37.9 Å².